The summed E-state index contributed by atoms with van der Waals surface area (Å²) in [5.74, 6) is 1.85. The van der Waals surface area contributed by atoms with E-state index in [-0.39, 0.29) is 12.6 Å². The van der Waals surface area contributed by atoms with E-state index in [9.17, 15) is 4.79 Å². The van der Waals surface area contributed by atoms with Gasteiger partial charge in [0.2, 0.25) is 0 Å². The van der Waals surface area contributed by atoms with Crippen LogP contribution in [-0.2, 0) is 0 Å². The number of carbonyl (C=O) groups is 1. The van der Waals surface area contributed by atoms with Gasteiger partial charge in [-0.25, -0.2) is 4.79 Å². The van der Waals surface area contributed by atoms with Crippen LogP contribution in [0.3, 0.4) is 0 Å². The summed E-state index contributed by atoms with van der Waals surface area (Å²) in [5, 5.41) is 13.9. The number of amides is 2. The van der Waals surface area contributed by atoms with Crippen LogP contribution in [0.4, 0.5) is 4.79 Å². The van der Waals surface area contributed by atoms with Crippen LogP contribution in [0.2, 0.25) is 0 Å². The zero-order valence-electron chi connectivity index (χ0n) is 8.01. The number of hydrogen-bond donors (Lipinski definition) is 3. The Morgan fingerprint density at radius 2 is 2.15 bits per heavy atom. The van der Waals surface area contributed by atoms with Gasteiger partial charge in [-0.05, 0) is 19.1 Å². The van der Waals surface area contributed by atoms with E-state index < -0.39 is 0 Å². The monoisotopic (exact) mass is 206 g/mol. The fourth-order valence-electron chi connectivity index (χ4n) is 0.728. The van der Waals surface area contributed by atoms with Crippen LogP contribution in [-0.4, -0.2) is 42.3 Å². The number of aliphatic hydroxyl groups excluding tert-OH is 1. The molecule has 5 heteroatoms. The molecule has 0 heterocycles. The first kappa shape index (κ1) is 12.6. The lowest BCUT2D eigenvalue weighted by molar-refractivity contribution is 0.242. The lowest BCUT2D eigenvalue weighted by Gasteiger charge is -2.04. The van der Waals surface area contributed by atoms with Gasteiger partial charge in [0.25, 0.3) is 0 Å². The van der Waals surface area contributed by atoms with Crippen molar-refractivity contribution in [3.05, 3.63) is 0 Å². The van der Waals surface area contributed by atoms with Gasteiger partial charge in [0, 0.05) is 25.4 Å². The van der Waals surface area contributed by atoms with E-state index in [0.29, 0.717) is 13.1 Å². The molecule has 0 aliphatic carbocycles. The summed E-state index contributed by atoms with van der Waals surface area (Å²) in [6.07, 6.45) is 0.825. The van der Waals surface area contributed by atoms with E-state index in [0.717, 1.165) is 17.9 Å². The minimum absolute atomic E-state index is 0.106. The van der Waals surface area contributed by atoms with E-state index in [1.165, 1.54) is 0 Å². The SMILES string of the molecule is CCNC(=O)NCCSCCCO. The smallest absolute Gasteiger partial charge is 0.314 e. The van der Waals surface area contributed by atoms with Crippen LogP contribution in [0.15, 0.2) is 0 Å². The molecule has 0 bridgehead atoms. The Morgan fingerprint density at radius 3 is 2.77 bits per heavy atom. The number of urea groups is 1. The van der Waals surface area contributed by atoms with Crippen LogP contribution in [0.5, 0.6) is 0 Å². The van der Waals surface area contributed by atoms with Gasteiger partial charge in [-0.15, -0.1) is 0 Å². The number of nitrogens with one attached hydrogen (secondary N) is 2. The largest absolute Gasteiger partial charge is 0.396 e. The van der Waals surface area contributed by atoms with Crippen LogP contribution in [0.1, 0.15) is 13.3 Å². The molecule has 0 aromatic rings. The minimum atomic E-state index is -0.106. The second kappa shape index (κ2) is 9.67. The van der Waals surface area contributed by atoms with Crippen LogP contribution in [0, 0.1) is 0 Å². The summed E-state index contributed by atoms with van der Waals surface area (Å²) < 4.78 is 0. The maximum absolute atomic E-state index is 10.9. The summed E-state index contributed by atoms with van der Waals surface area (Å²) in [6.45, 7) is 3.47. The van der Waals surface area contributed by atoms with E-state index in [4.69, 9.17) is 5.11 Å². The van der Waals surface area contributed by atoms with Gasteiger partial charge in [-0.1, -0.05) is 0 Å². The Hall–Kier alpha value is -0.420. The maximum atomic E-state index is 10.9. The topological polar surface area (TPSA) is 61.4 Å². The Balaban J connectivity index is 3.02. The molecular formula is C8H18N2O2S. The van der Waals surface area contributed by atoms with E-state index >= 15 is 0 Å². The van der Waals surface area contributed by atoms with Crippen LogP contribution >= 0.6 is 11.8 Å². The van der Waals surface area contributed by atoms with Crippen molar-refractivity contribution < 1.29 is 9.90 Å². The maximum Gasteiger partial charge on any atom is 0.314 e. The third kappa shape index (κ3) is 9.49. The molecule has 0 spiro atoms. The van der Waals surface area contributed by atoms with Crippen molar-refractivity contribution in [1.29, 1.82) is 0 Å². The van der Waals surface area contributed by atoms with Gasteiger partial charge in [-0.2, -0.15) is 11.8 Å². The van der Waals surface area contributed by atoms with Crippen molar-refractivity contribution in [2.75, 3.05) is 31.2 Å². The van der Waals surface area contributed by atoms with Crippen molar-refractivity contribution >= 4 is 17.8 Å². The standard InChI is InChI=1S/C8H18N2O2S/c1-2-9-8(12)10-4-7-13-6-3-5-11/h11H,2-7H2,1H3,(H2,9,10,12). The zero-order valence-corrected chi connectivity index (χ0v) is 8.82. The Labute approximate surface area is 83.5 Å². The van der Waals surface area contributed by atoms with E-state index in [1.807, 2.05) is 6.92 Å². The quantitative estimate of drug-likeness (QED) is 0.529. The summed E-state index contributed by atoms with van der Waals surface area (Å²) in [7, 11) is 0. The van der Waals surface area contributed by atoms with Gasteiger partial charge in [0.05, 0.1) is 0 Å². The highest BCUT2D eigenvalue weighted by Crippen LogP contribution is 1.99. The lowest BCUT2D eigenvalue weighted by atomic mass is 10.5. The van der Waals surface area contributed by atoms with Crippen molar-refractivity contribution in [3.8, 4) is 0 Å². The van der Waals surface area contributed by atoms with E-state index in [1.54, 1.807) is 11.8 Å². The molecule has 0 fully saturated rings. The molecule has 0 atom stereocenters. The first-order valence-electron chi connectivity index (χ1n) is 4.51. The fourth-order valence-corrected chi connectivity index (χ4v) is 1.51. The Morgan fingerprint density at radius 1 is 1.38 bits per heavy atom. The number of thioether (sulfide) groups is 1. The van der Waals surface area contributed by atoms with Crippen LogP contribution < -0.4 is 10.6 Å². The number of carbonyl (C=O) groups excluding carboxylic acids is 1. The van der Waals surface area contributed by atoms with E-state index in [2.05, 4.69) is 10.6 Å². The van der Waals surface area contributed by atoms with Crippen molar-refractivity contribution in [1.82, 2.24) is 10.6 Å². The van der Waals surface area contributed by atoms with Crippen molar-refractivity contribution in [2.45, 2.75) is 13.3 Å². The molecule has 0 rings (SSSR count). The zero-order chi connectivity index (χ0) is 9.94. The molecule has 0 saturated heterocycles. The number of aliphatic hydroxyl groups is 1. The predicted octanol–water partition coefficient (Wildman–Crippen LogP) is 0.421. The molecule has 0 aromatic heterocycles. The molecule has 3 N–H and O–H groups in total. The summed E-state index contributed by atoms with van der Waals surface area (Å²) >= 11 is 1.74. The first-order valence-corrected chi connectivity index (χ1v) is 5.67. The molecule has 4 nitrogen and oxygen atoms in total. The first-order chi connectivity index (χ1) is 6.31. The highest BCUT2D eigenvalue weighted by atomic mass is 32.2. The van der Waals surface area contributed by atoms with Crippen molar-refractivity contribution in [2.24, 2.45) is 0 Å². The third-order valence-electron chi connectivity index (χ3n) is 1.32. The molecule has 0 aliphatic heterocycles. The Kier molecular flexibility index (Phi) is 9.35. The van der Waals surface area contributed by atoms with Gasteiger partial charge in [0.1, 0.15) is 0 Å². The molecule has 0 unspecified atom stereocenters. The average Bonchev–Trinajstić information content (AvgIpc) is 2.11. The fraction of sp³-hybridized carbons (Fsp3) is 0.875. The Bertz CT molecular complexity index is 133. The van der Waals surface area contributed by atoms with Crippen LogP contribution in [0.25, 0.3) is 0 Å². The average molecular weight is 206 g/mol. The molecule has 0 radical (unpaired) electrons. The second-order valence-electron chi connectivity index (χ2n) is 2.48. The highest BCUT2D eigenvalue weighted by Gasteiger charge is 1.95. The number of hydrogen-bond acceptors (Lipinski definition) is 3. The normalized spacial score (nSPS) is 9.69. The van der Waals surface area contributed by atoms with Gasteiger partial charge in [-0.3, -0.25) is 0 Å². The summed E-state index contributed by atoms with van der Waals surface area (Å²) in [4.78, 5) is 10.9. The molecule has 0 aromatic carbocycles. The lowest BCUT2D eigenvalue weighted by Crippen LogP contribution is -2.36. The molecule has 13 heavy (non-hydrogen) atoms. The molecule has 78 valence electrons. The summed E-state index contributed by atoms with van der Waals surface area (Å²) in [6, 6.07) is -0.106. The molecule has 2 amide bonds. The van der Waals surface area contributed by atoms with Gasteiger partial charge in [0.15, 0.2) is 0 Å². The van der Waals surface area contributed by atoms with Gasteiger partial charge < -0.3 is 15.7 Å². The predicted molar refractivity (Wildman–Crippen MR) is 56.1 cm³/mol. The van der Waals surface area contributed by atoms with Gasteiger partial charge >= 0.3 is 6.03 Å². The molecular weight excluding hydrogens is 188 g/mol. The molecule has 0 saturated carbocycles. The van der Waals surface area contributed by atoms with Crippen molar-refractivity contribution in [3.63, 3.8) is 0 Å². The third-order valence-corrected chi connectivity index (χ3v) is 2.39. The second-order valence-corrected chi connectivity index (χ2v) is 3.70. The minimum Gasteiger partial charge on any atom is -0.396 e. The highest BCUT2D eigenvalue weighted by molar-refractivity contribution is 7.99. The number of rotatable bonds is 7. The summed E-state index contributed by atoms with van der Waals surface area (Å²) in [5.41, 5.74) is 0. The molecule has 0 aliphatic rings.